The molecule has 0 spiro atoms. The smallest absolute Gasteiger partial charge is 0.00875 e. The van der Waals surface area contributed by atoms with Crippen molar-refractivity contribution in [2.24, 2.45) is 0 Å². The second-order valence-electron chi connectivity index (χ2n) is 4.67. The first-order valence-corrected chi connectivity index (χ1v) is 7.74. The highest BCUT2D eigenvalue weighted by Gasteiger charge is 2.17. The van der Waals surface area contributed by atoms with Gasteiger partial charge in [0.05, 0.1) is 0 Å². The Hall–Kier alpha value is -1.99. The van der Waals surface area contributed by atoms with Crippen LogP contribution in [0.2, 0.25) is 0 Å². The van der Waals surface area contributed by atoms with E-state index >= 15 is 0 Å². The molecule has 1 aliphatic heterocycles. The van der Waals surface area contributed by atoms with Crippen LogP contribution < -0.4 is 0 Å². The van der Waals surface area contributed by atoms with Gasteiger partial charge in [0, 0.05) is 15.2 Å². The molecule has 4 rings (SSSR count). The monoisotopic (exact) mass is 261 g/mol. The molecule has 0 amide bonds. The van der Waals surface area contributed by atoms with Gasteiger partial charge in [0.2, 0.25) is 0 Å². The lowest BCUT2D eigenvalue weighted by Crippen LogP contribution is -1.84. The largest absolute Gasteiger partial charge is 0.171 e. The van der Waals surface area contributed by atoms with Crippen LogP contribution in [-0.2, 0) is 0 Å². The van der Waals surface area contributed by atoms with Crippen molar-refractivity contribution in [3.05, 3.63) is 77.7 Å². The maximum atomic E-state index is 3.57. The summed E-state index contributed by atoms with van der Waals surface area (Å²) in [7, 11) is -0.461. The van der Waals surface area contributed by atoms with Gasteiger partial charge in [-0.15, -0.1) is 0 Å². The van der Waals surface area contributed by atoms with E-state index < -0.39 is 10.9 Å². The number of thiol groups is 1. The summed E-state index contributed by atoms with van der Waals surface area (Å²) in [6, 6.07) is 23.8. The third-order valence-electron chi connectivity index (χ3n) is 3.53. The number of fused-ring (bicyclic) bond motifs is 2. The zero-order valence-electron chi connectivity index (χ0n) is 10.4. The first kappa shape index (κ1) is 10.9. The van der Waals surface area contributed by atoms with E-state index in [1.54, 1.807) is 0 Å². The topological polar surface area (TPSA) is 0 Å². The molecule has 1 aliphatic rings. The average molecular weight is 261 g/mol. The van der Waals surface area contributed by atoms with Gasteiger partial charge in [-0.05, 0) is 34.5 Å². The van der Waals surface area contributed by atoms with E-state index in [0.29, 0.717) is 0 Å². The van der Waals surface area contributed by atoms with Crippen LogP contribution >= 0.6 is 10.9 Å². The van der Waals surface area contributed by atoms with E-state index in [2.05, 4.69) is 78.2 Å². The maximum absolute atomic E-state index is 3.57. The molecule has 1 radical (unpaired) electrons. The van der Waals surface area contributed by atoms with E-state index in [-0.39, 0.29) is 0 Å². The first-order chi connectivity index (χ1) is 9.43. The second-order valence-corrected chi connectivity index (χ2v) is 6.56. The summed E-state index contributed by atoms with van der Waals surface area (Å²) < 4.78 is 0. The van der Waals surface area contributed by atoms with Gasteiger partial charge >= 0.3 is 0 Å². The van der Waals surface area contributed by atoms with E-state index in [9.17, 15) is 0 Å². The van der Waals surface area contributed by atoms with Crippen LogP contribution in [0.15, 0.2) is 76.5 Å². The highest BCUT2D eigenvalue weighted by molar-refractivity contribution is 8.19. The number of rotatable bonds is 1. The van der Waals surface area contributed by atoms with Crippen LogP contribution in [0.4, 0.5) is 0 Å². The van der Waals surface area contributed by atoms with Crippen molar-refractivity contribution in [1.82, 2.24) is 0 Å². The maximum Gasteiger partial charge on any atom is 0.00875 e. The summed E-state index contributed by atoms with van der Waals surface area (Å²) >= 11 is 0. The Balaban J connectivity index is 1.96. The molecule has 0 aromatic heterocycles. The lowest BCUT2D eigenvalue weighted by atomic mass is 10.1. The predicted molar refractivity (Wildman–Crippen MR) is 83.6 cm³/mol. The van der Waals surface area contributed by atoms with E-state index in [4.69, 9.17) is 0 Å². The summed E-state index contributed by atoms with van der Waals surface area (Å²) in [6.07, 6.45) is 2.14. The molecule has 0 saturated heterocycles. The normalized spacial score (nSPS) is 18.6. The molecule has 1 heterocycles. The van der Waals surface area contributed by atoms with Crippen LogP contribution in [0.25, 0.3) is 16.8 Å². The minimum absolute atomic E-state index is 0.461. The van der Waals surface area contributed by atoms with Crippen molar-refractivity contribution >= 4 is 27.7 Å². The fraction of sp³-hybridized carbons (Fsp3) is 0. The van der Waals surface area contributed by atoms with Gasteiger partial charge in [0.1, 0.15) is 0 Å². The van der Waals surface area contributed by atoms with Crippen LogP contribution in [0.5, 0.6) is 0 Å². The number of hydrogen-bond donors (Lipinski definition) is 1. The van der Waals surface area contributed by atoms with Crippen LogP contribution in [-0.4, -0.2) is 0 Å². The van der Waals surface area contributed by atoms with Gasteiger partial charge < -0.3 is 0 Å². The molecule has 1 atom stereocenters. The molecule has 0 saturated carbocycles. The van der Waals surface area contributed by atoms with Gasteiger partial charge in [-0.25, -0.2) is 0 Å². The lowest BCUT2D eigenvalue weighted by Gasteiger charge is -2.17. The third-order valence-corrected chi connectivity index (χ3v) is 5.68. The van der Waals surface area contributed by atoms with Gasteiger partial charge in [0.25, 0.3) is 0 Å². The van der Waals surface area contributed by atoms with Crippen LogP contribution in [0.1, 0.15) is 5.56 Å². The molecule has 19 heavy (non-hydrogen) atoms. The third kappa shape index (κ3) is 1.70. The van der Waals surface area contributed by atoms with Gasteiger partial charge in [0.15, 0.2) is 0 Å². The van der Waals surface area contributed by atoms with Crippen molar-refractivity contribution in [2.45, 2.75) is 9.79 Å². The standard InChI is InChI=1S/C18H13S/c1-3-9-16-14(6-1)8-5-11-18(16)19-13-12-15-7-2-4-10-17(15)19/h1-12,19H. The average Bonchev–Trinajstić information content (AvgIpc) is 2.90. The Morgan fingerprint density at radius 2 is 1.42 bits per heavy atom. The van der Waals surface area contributed by atoms with Gasteiger partial charge in [-0.1, -0.05) is 54.6 Å². The minimum atomic E-state index is -0.461. The first-order valence-electron chi connectivity index (χ1n) is 6.40. The molecule has 0 nitrogen and oxygen atoms in total. The predicted octanol–water partition coefficient (Wildman–Crippen LogP) is 5.05. The van der Waals surface area contributed by atoms with E-state index in [1.165, 1.54) is 26.1 Å². The van der Waals surface area contributed by atoms with Crippen molar-refractivity contribution in [3.63, 3.8) is 0 Å². The van der Waals surface area contributed by atoms with Gasteiger partial charge in [-0.3, -0.25) is 0 Å². The Morgan fingerprint density at radius 1 is 0.684 bits per heavy atom. The Labute approximate surface area is 115 Å². The molecule has 91 valence electrons. The Kier molecular flexibility index (Phi) is 2.46. The van der Waals surface area contributed by atoms with Crippen molar-refractivity contribution in [3.8, 4) is 0 Å². The lowest BCUT2D eigenvalue weighted by molar-refractivity contribution is 1.41. The van der Waals surface area contributed by atoms with Gasteiger partial charge in [-0.2, -0.15) is 10.9 Å². The van der Waals surface area contributed by atoms with Crippen molar-refractivity contribution < 1.29 is 0 Å². The van der Waals surface area contributed by atoms with Crippen LogP contribution in [0.3, 0.4) is 0 Å². The summed E-state index contributed by atoms with van der Waals surface area (Å²) in [4.78, 5) is 2.84. The van der Waals surface area contributed by atoms with E-state index in [1.807, 2.05) is 0 Å². The summed E-state index contributed by atoms with van der Waals surface area (Å²) in [6.45, 7) is 0. The quantitative estimate of drug-likeness (QED) is 0.582. The molecule has 0 N–H and O–H groups in total. The summed E-state index contributed by atoms with van der Waals surface area (Å²) in [5, 5.41) is 6.24. The molecule has 0 fully saturated rings. The minimum Gasteiger partial charge on any atom is -0.171 e. The van der Waals surface area contributed by atoms with Crippen LogP contribution in [0, 0.1) is 5.41 Å². The zero-order valence-corrected chi connectivity index (χ0v) is 11.3. The molecular weight excluding hydrogens is 248 g/mol. The van der Waals surface area contributed by atoms with E-state index in [0.717, 1.165) is 0 Å². The fourth-order valence-electron chi connectivity index (χ4n) is 2.62. The molecule has 3 aromatic rings. The molecule has 0 aliphatic carbocycles. The van der Waals surface area contributed by atoms with Crippen molar-refractivity contribution in [2.75, 3.05) is 0 Å². The Bertz CT molecular complexity index is 781. The number of hydrogen-bond acceptors (Lipinski definition) is 0. The Morgan fingerprint density at radius 3 is 2.42 bits per heavy atom. The SMILES string of the molecule is [C]1=Cc2ccccc2[SH]1c1cccc2ccccc12. The summed E-state index contributed by atoms with van der Waals surface area (Å²) in [5.41, 5.74) is 1.32. The molecule has 1 unspecified atom stereocenters. The fourth-order valence-corrected chi connectivity index (χ4v) is 4.74. The molecule has 3 aromatic carbocycles. The zero-order chi connectivity index (χ0) is 12.7. The summed E-state index contributed by atoms with van der Waals surface area (Å²) in [5.74, 6) is 0. The molecule has 1 heteroatoms. The highest BCUT2D eigenvalue weighted by atomic mass is 32.2. The second kappa shape index (κ2) is 4.29. The molecule has 0 bridgehead atoms. The highest BCUT2D eigenvalue weighted by Crippen LogP contribution is 2.53. The number of benzene rings is 3. The molecular formula is C18H13S. The van der Waals surface area contributed by atoms with Crippen molar-refractivity contribution in [1.29, 1.82) is 0 Å².